The second-order valence-electron chi connectivity index (χ2n) is 6.60. The lowest BCUT2D eigenvalue weighted by Gasteiger charge is -2.19. The van der Waals surface area contributed by atoms with Gasteiger partial charge in [-0.1, -0.05) is 6.07 Å². The molecule has 5 N–H and O–H groups in total. The number of benzene rings is 1. The number of anilines is 1. The SMILES string of the molecule is Cc1cc(SN2CC(F)(F)CC2C)ccc1-c1ccc(N)c(C(=N)N)n1. The van der Waals surface area contributed by atoms with E-state index in [2.05, 4.69) is 4.98 Å². The van der Waals surface area contributed by atoms with Crippen molar-refractivity contribution in [2.45, 2.75) is 37.1 Å². The van der Waals surface area contributed by atoms with Crippen LogP contribution < -0.4 is 11.5 Å². The molecule has 1 atom stereocenters. The van der Waals surface area contributed by atoms with Gasteiger partial charge in [-0.2, -0.15) is 0 Å². The zero-order valence-corrected chi connectivity index (χ0v) is 15.4. The van der Waals surface area contributed by atoms with Crippen molar-refractivity contribution in [1.82, 2.24) is 9.29 Å². The van der Waals surface area contributed by atoms with Crippen LogP contribution in [0.3, 0.4) is 0 Å². The van der Waals surface area contributed by atoms with E-state index >= 15 is 0 Å². The van der Waals surface area contributed by atoms with E-state index in [9.17, 15) is 8.78 Å². The quantitative estimate of drug-likeness (QED) is 0.430. The Morgan fingerprint density at radius 2 is 2.08 bits per heavy atom. The van der Waals surface area contributed by atoms with E-state index in [0.717, 1.165) is 16.0 Å². The van der Waals surface area contributed by atoms with Crippen LogP contribution in [0.2, 0.25) is 0 Å². The fraction of sp³-hybridized carbons (Fsp3) is 0.333. The van der Waals surface area contributed by atoms with Crippen molar-refractivity contribution in [3.8, 4) is 11.3 Å². The maximum Gasteiger partial charge on any atom is 0.263 e. The van der Waals surface area contributed by atoms with Gasteiger partial charge in [-0.05, 0) is 55.6 Å². The Morgan fingerprint density at radius 3 is 2.65 bits per heavy atom. The first-order valence-electron chi connectivity index (χ1n) is 8.21. The summed E-state index contributed by atoms with van der Waals surface area (Å²) in [5.74, 6) is -2.81. The summed E-state index contributed by atoms with van der Waals surface area (Å²) >= 11 is 1.35. The first-order chi connectivity index (χ1) is 12.2. The summed E-state index contributed by atoms with van der Waals surface area (Å²) in [4.78, 5) is 5.28. The lowest BCUT2D eigenvalue weighted by molar-refractivity contribution is 0.0179. The third-order valence-electron chi connectivity index (χ3n) is 4.35. The Morgan fingerprint density at radius 1 is 1.35 bits per heavy atom. The minimum Gasteiger partial charge on any atom is -0.397 e. The van der Waals surface area contributed by atoms with E-state index in [1.165, 1.54) is 11.9 Å². The number of aromatic nitrogens is 1. The summed E-state index contributed by atoms with van der Waals surface area (Å²) in [6, 6.07) is 9.02. The fourth-order valence-electron chi connectivity index (χ4n) is 3.06. The van der Waals surface area contributed by atoms with Crippen LogP contribution in [0.15, 0.2) is 35.2 Å². The summed E-state index contributed by atoms with van der Waals surface area (Å²) in [7, 11) is 0. The van der Waals surface area contributed by atoms with Gasteiger partial charge in [0.25, 0.3) is 5.92 Å². The van der Waals surface area contributed by atoms with Crippen molar-refractivity contribution in [2.24, 2.45) is 5.73 Å². The van der Waals surface area contributed by atoms with Gasteiger partial charge >= 0.3 is 0 Å². The van der Waals surface area contributed by atoms with Gasteiger partial charge in [-0.15, -0.1) is 0 Å². The molecule has 26 heavy (non-hydrogen) atoms. The van der Waals surface area contributed by atoms with Gasteiger partial charge in [0, 0.05) is 22.9 Å². The number of hydrogen-bond donors (Lipinski definition) is 3. The van der Waals surface area contributed by atoms with Gasteiger partial charge in [0.15, 0.2) is 0 Å². The Bertz CT molecular complexity index is 855. The largest absolute Gasteiger partial charge is 0.397 e. The van der Waals surface area contributed by atoms with Gasteiger partial charge in [-0.25, -0.2) is 18.1 Å². The lowest BCUT2D eigenvalue weighted by atomic mass is 10.0. The molecule has 2 aromatic rings. The summed E-state index contributed by atoms with van der Waals surface area (Å²) in [5, 5.41) is 7.56. The van der Waals surface area contributed by atoms with Crippen molar-refractivity contribution in [1.29, 1.82) is 5.41 Å². The predicted molar refractivity (Wildman–Crippen MR) is 101 cm³/mol. The van der Waals surface area contributed by atoms with Crippen LogP contribution in [0, 0.1) is 12.3 Å². The van der Waals surface area contributed by atoms with Crippen LogP contribution in [-0.4, -0.2) is 33.6 Å². The second-order valence-corrected chi connectivity index (χ2v) is 7.72. The molecule has 138 valence electrons. The van der Waals surface area contributed by atoms with Crippen LogP contribution in [0.4, 0.5) is 14.5 Å². The molecule has 1 aromatic carbocycles. The monoisotopic (exact) mass is 377 g/mol. The molecule has 0 bridgehead atoms. The predicted octanol–water partition coefficient (Wildman–Crippen LogP) is 3.66. The van der Waals surface area contributed by atoms with Gasteiger partial charge in [0.2, 0.25) is 0 Å². The normalized spacial score (nSPS) is 19.6. The standard InChI is InChI=1S/C18H21F2N5S/c1-10-7-12(26-25-9-18(19,20)8-11(25)2)3-4-13(10)15-6-5-14(21)16(24-15)17(22)23/h3-7,11H,8-9,21H2,1-2H3,(H3,22,23). The molecule has 0 spiro atoms. The molecule has 1 aromatic heterocycles. The van der Waals surface area contributed by atoms with E-state index in [4.69, 9.17) is 16.9 Å². The van der Waals surface area contributed by atoms with Gasteiger partial charge in [0.1, 0.15) is 11.5 Å². The van der Waals surface area contributed by atoms with E-state index in [1.807, 2.05) is 32.0 Å². The van der Waals surface area contributed by atoms with Crippen LogP contribution in [0.25, 0.3) is 11.3 Å². The average Bonchev–Trinajstić information content (AvgIpc) is 2.80. The van der Waals surface area contributed by atoms with Crippen molar-refractivity contribution in [3.63, 3.8) is 0 Å². The molecule has 1 saturated heterocycles. The Hall–Kier alpha value is -2.19. The van der Waals surface area contributed by atoms with Crippen LogP contribution >= 0.6 is 11.9 Å². The number of nitrogen functional groups attached to an aromatic ring is 2. The highest BCUT2D eigenvalue weighted by Crippen LogP contribution is 2.39. The topological polar surface area (TPSA) is 92.0 Å². The van der Waals surface area contributed by atoms with Crippen molar-refractivity contribution < 1.29 is 8.78 Å². The number of pyridine rings is 1. The van der Waals surface area contributed by atoms with E-state index < -0.39 is 5.92 Å². The molecule has 1 aliphatic heterocycles. The number of nitrogens with zero attached hydrogens (tertiary/aromatic N) is 2. The molecule has 5 nitrogen and oxygen atoms in total. The first-order valence-corrected chi connectivity index (χ1v) is 8.98. The summed E-state index contributed by atoms with van der Waals surface area (Å²) in [5.41, 5.74) is 14.4. The molecule has 0 aliphatic carbocycles. The van der Waals surface area contributed by atoms with Crippen LogP contribution in [0.1, 0.15) is 24.6 Å². The third-order valence-corrected chi connectivity index (χ3v) is 5.54. The fourth-order valence-corrected chi connectivity index (χ4v) is 4.19. The highest BCUT2D eigenvalue weighted by molar-refractivity contribution is 7.97. The highest BCUT2D eigenvalue weighted by atomic mass is 32.2. The third kappa shape index (κ3) is 3.81. The van der Waals surface area contributed by atoms with Gasteiger partial charge < -0.3 is 11.5 Å². The van der Waals surface area contributed by atoms with Crippen LogP contribution in [-0.2, 0) is 0 Å². The van der Waals surface area contributed by atoms with Crippen molar-refractivity contribution in [3.05, 3.63) is 41.6 Å². The van der Waals surface area contributed by atoms with E-state index in [1.54, 1.807) is 16.4 Å². The smallest absolute Gasteiger partial charge is 0.263 e. The number of aryl methyl sites for hydroxylation is 1. The maximum atomic E-state index is 13.5. The number of rotatable bonds is 4. The molecule has 1 fully saturated rings. The Balaban J connectivity index is 1.85. The Labute approximate surface area is 155 Å². The van der Waals surface area contributed by atoms with Crippen molar-refractivity contribution in [2.75, 3.05) is 12.3 Å². The van der Waals surface area contributed by atoms with E-state index in [-0.39, 0.29) is 30.5 Å². The molecular weight excluding hydrogens is 356 g/mol. The van der Waals surface area contributed by atoms with Crippen LogP contribution in [0.5, 0.6) is 0 Å². The first kappa shape index (κ1) is 18.6. The summed E-state index contributed by atoms with van der Waals surface area (Å²) < 4.78 is 28.8. The maximum absolute atomic E-state index is 13.5. The second kappa shape index (κ2) is 6.85. The molecule has 3 rings (SSSR count). The molecule has 0 saturated carbocycles. The molecule has 2 heterocycles. The van der Waals surface area contributed by atoms with Crippen molar-refractivity contribution >= 4 is 23.5 Å². The minimum absolute atomic E-state index is 0.111. The zero-order valence-electron chi connectivity index (χ0n) is 14.6. The Kier molecular flexibility index (Phi) is 4.90. The molecule has 1 unspecified atom stereocenters. The summed E-state index contributed by atoms with van der Waals surface area (Å²) in [6.45, 7) is 3.52. The van der Waals surface area contributed by atoms with Gasteiger partial charge in [-0.3, -0.25) is 5.41 Å². The number of alkyl halides is 2. The molecule has 8 heteroatoms. The van der Waals surface area contributed by atoms with Gasteiger partial charge in [0.05, 0.1) is 17.9 Å². The zero-order chi connectivity index (χ0) is 19.1. The molecule has 0 radical (unpaired) electrons. The average molecular weight is 377 g/mol. The highest BCUT2D eigenvalue weighted by Gasteiger charge is 2.43. The number of amidine groups is 1. The number of nitrogens with two attached hydrogens (primary N) is 2. The molecule has 0 amide bonds. The lowest BCUT2D eigenvalue weighted by Crippen LogP contribution is -2.21. The summed E-state index contributed by atoms with van der Waals surface area (Å²) in [6.07, 6.45) is -0.111. The number of halogens is 2. The number of hydrogen-bond acceptors (Lipinski definition) is 5. The minimum atomic E-state index is -2.63. The molecular formula is C18H21F2N5S. The number of nitrogens with one attached hydrogen (secondary N) is 1. The van der Waals surface area contributed by atoms with E-state index in [0.29, 0.717) is 11.4 Å². The molecule has 1 aliphatic rings.